The zero-order chi connectivity index (χ0) is 14.6. The van der Waals surface area contributed by atoms with Crippen molar-refractivity contribution in [2.24, 2.45) is 11.1 Å². The van der Waals surface area contributed by atoms with Crippen molar-refractivity contribution in [3.8, 4) is 5.75 Å². The molecule has 3 heteroatoms. The summed E-state index contributed by atoms with van der Waals surface area (Å²) in [6.07, 6.45) is 0.989. The first-order valence-electron chi connectivity index (χ1n) is 6.89. The van der Waals surface area contributed by atoms with Crippen LogP contribution in [0.3, 0.4) is 0 Å². The molecule has 19 heavy (non-hydrogen) atoms. The van der Waals surface area contributed by atoms with Gasteiger partial charge in [-0.2, -0.15) is 0 Å². The quantitative estimate of drug-likeness (QED) is 0.830. The van der Waals surface area contributed by atoms with Gasteiger partial charge in [0.2, 0.25) is 0 Å². The predicted octanol–water partition coefficient (Wildman–Crippen LogP) is 2.95. The highest BCUT2D eigenvalue weighted by Gasteiger charge is 2.29. The molecule has 3 nitrogen and oxygen atoms in total. The fourth-order valence-electron chi connectivity index (χ4n) is 3.00. The van der Waals surface area contributed by atoms with Crippen molar-refractivity contribution < 1.29 is 4.74 Å². The van der Waals surface area contributed by atoms with Crippen LogP contribution >= 0.6 is 0 Å². The summed E-state index contributed by atoms with van der Waals surface area (Å²) < 4.78 is 5.44. The van der Waals surface area contributed by atoms with E-state index < -0.39 is 0 Å². The lowest BCUT2D eigenvalue weighted by Crippen LogP contribution is -2.34. The van der Waals surface area contributed by atoms with E-state index in [0.717, 1.165) is 12.2 Å². The lowest BCUT2D eigenvalue weighted by molar-refractivity contribution is 0.239. The Hall–Kier alpha value is -1.06. The van der Waals surface area contributed by atoms with Gasteiger partial charge >= 0.3 is 0 Å². The van der Waals surface area contributed by atoms with Gasteiger partial charge in [-0.05, 0) is 56.0 Å². The molecule has 0 aliphatic rings. The second kappa shape index (κ2) is 6.40. The van der Waals surface area contributed by atoms with Crippen LogP contribution in [0, 0.1) is 19.3 Å². The number of rotatable bonds is 6. The van der Waals surface area contributed by atoms with Crippen LogP contribution in [0.15, 0.2) is 12.1 Å². The smallest absolute Gasteiger partial charge is 0.124 e. The molecule has 0 saturated heterocycles. The maximum atomic E-state index is 5.74. The van der Waals surface area contributed by atoms with Crippen LogP contribution in [-0.4, -0.2) is 20.7 Å². The van der Waals surface area contributed by atoms with E-state index in [0.29, 0.717) is 12.6 Å². The minimum Gasteiger partial charge on any atom is -0.496 e. The molecule has 1 rings (SSSR count). The molecule has 1 aromatic rings. The van der Waals surface area contributed by atoms with Crippen molar-refractivity contribution in [3.63, 3.8) is 0 Å². The Morgan fingerprint density at radius 2 is 1.79 bits per heavy atom. The number of nitrogens with one attached hydrogen (secondary N) is 1. The summed E-state index contributed by atoms with van der Waals surface area (Å²) in [4.78, 5) is 0. The van der Waals surface area contributed by atoms with Crippen molar-refractivity contribution >= 4 is 0 Å². The average molecular weight is 264 g/mol. The number of aryl methyl sites for hydroxylation is 2. The van der Waals surface area contributed by atoms with Gasteiger partial charge in [0, 0.05) is 6.04 Å². The van der Waals surface area contributed by atoms with Crippen molar-refractivity contribution in [2.75, 3.05) is 20.7 Å². The fraction of sp³-hybridized carbons (Fsp3) is 0.625. The highest BCUT2D eigenvalue weighted by molar-refractivity contribution is 5.44. The molecule has 0 aliphatic heterocycles. The van der Waals surface area contributed by atoms with E-state index >= 15 is 0 Å². The Morgan fingerprint density at radius 3 is 2.16 bits per heavy atom. The van der Waals surface area contributed by atoms with E-state index in [1.54, 1.807) is 7.11 Å². The molecule has 1 aromatic carbocycles. The number of nitrogens with two attached hydrogens (primary N) is 1. The minimum absolute atomic E-state index is 0.122. The zero-order valence-electron chi connectivity index (χ0n) is 13.1. The van der Waals surface area contributed by atoms with Gasteiger partial charge in [0.05, 0.1) is 7.11 Å². The van der Waals surface area contributed by atoms with Crippen LogP contribution in [0.5, 0.6) is 5.75 Å². The molecule has 1 unspecified atom stereocenters. The number of methoxy groups -OCH3 is 1. The molecule has 0 fully saturated rings. The largest absolute Gasteiger partial charge is 0.496 e. The predicted molar refractivity (Wildman–Crippen MR) is 81.7 cm³/mol. The Morgan fingerprint density at radius 1 is 1.26 bits per heavy atom. The first-order valence-corrected chi connectivity index (χ1v) is 6.89. The molecule has 108 valence electrons. The number of ether oxygens (including phenoxy) is 1. The van der Waals surface area contributed by atoms with E-state index in [9.17, 15) is 0 Å². The summed E-state index contributed by atoms with van der Waals surface area (Å²) in [5.41, 5.74) is 9.53. The number of benzene rings is 1. The SMILES string of the molecule is CNC(c1cc(C)c(OC)c(C)c1)C(C)(C)CCN. The average Bonchev–Trinajstić information content (AvgIpc) is 2.28. The summed E-state index contributed by atoms with van der Waals surface area (Å²) in [7, 11) is 3.74. The van der Waals surface area contributed by atoms with Gasteiger partial charge in [0.1, 0.15) is 5.75 Å². The van der Waals surface area contributed by atoms with Gasteiger partial charge in [-0.15, -0.1) is 0 Å². The van der Waals surface area contributed by atoms with E-state index in [1.165, 1.54) is 16.7 Å². The normalized spacial score (nSPS) is 13.4. The number of hydrogen-bond acceptors (Lipinski definition) is 3. The van der Waals surface area contributed by atoms with Gasteiger partial charge in [-0.1, -0.05) is 26.0 Å². The van der Waals surface area contributed by atoms with E-state index in [1.807, 2.05) is 7.05 Å². The molecule has 0 bridgehead atoms. The lowest BCUT2D eigenvalue weighted by Gasteiger charge is -2.35. The molecule has 0 amide bonds. The Labute approximate surface area is 117 Å². The van der Waals surface area contributed by atoms with Gasteiger partial charge in [-0.25, -0.2) is 0 Å². The van der Waals surface area contributed by atoms with Gasteiger partial charge in [-0.3, -0.25) is 0 Å². The molecule has 0 aliphatic carbocycles. The molecule has 1 atom stereocenters. The van der Waals surface area contributed by atoms with Crippen LogP contribution in [0.25, 0.3) is 0 Å². The van der Waals surface area contributed by atoms with Crippen molar-refractivity contribution in [1.82, 2.24) is 5.32 Å². The van der Waals surface area contributed by atoms with E-state index in [4.69, 9.17) is 10.5 Å². The van der Waals surface area contributed by atoms with Crippen LogP contribution in [0.2, 0.25) is 0 Å². The third-order valence-corrected chi connectivity index (χ3v) is 3.88. The van der Waals surface area contributed by atoms with E-state index in [-0.39, 0.29) is 5.41 Å². The van der Waals surface area contributed by atoms with Gasteiger partial charge in [0.25, 0.3) is 0 Å². The second-order valence-corrected chi connectivity index (χ2v) is 5.94. The number of hydrogen-bond donors (Lipinski definition) is 2. The minimum atomic E-state index is 0.122. The molecular weight excluding hydrogens is 236 g/mol. The molecule has 0 spiro atoms. The molecular formula is C16H28N2O. The molecule has 3 N–H and O–H groups in total. The molecule has 0 saturated carbocycles. The molecule has 0 radical (unpaired) electrons. The first-order chi connectivity index (χ1) is 8.87. The van der Waals surface area contributed by atoms with Crippen molar-refractivity contribution in [3.05, 3.63) is 28.8 Å². The topological polar surface area (TPSA) is 47.3 Å². The molecule has 0 heterocycles. The second-order valence-electron chi connectivity index (χ2n) is 5.94. The highest BCUT2D eigenvalue weighted by Crippen LogP contribution is 2.38. The summed E-state index contributed by atoms with van der Waals surface area (Å²) in [5, 5.41) is 3.44. The summed E-state index contributed by atoms with van der Waals surface area (Å²) >= 11 is 0. The lowest BCUT2D eigenvalue weighted by atomic mass is 9.77. The van der Waals surface area contributed by atoms with Crippen LogP contribution in [0.1, 0.15) is 43.0 Å². The van der Waals surface area contributed by atoms with Crippen LogP contribution in [0.4, 0.5) is 0 Å². The van der Waals surface area contributed by atoms with Crippen molar-refractivity contribution in [1.29, 1.82) is 0 Å². The maximum absolute atomic E-state index is 5.74. The van der Waals surface area contributed by atoms with Crippen molar-refractivity contribution in [2.45, 2.75) is 40.2 Å². The maximum Gasteiger partial charge on any atom is 0.124 e. The van der Waals surface area contributed by atoms with Gasteiger partial charge < -0.3 is 15.8 Å². The van der Waals surface area contributed by atoms with Crippen LogP contribution < -0.4 is 15.8 Å². The Kier molecular flexibility index (Phi) is 5.39. The third-order valence-electron chi connectivity index (χ3n) is 3.88. The van der Waals surface area contributed by atoms with Crippen LogP contribution in [-0.2, 0) is 0 Å². The Bertz CT molecular complexity index is 404. The zero-order valence-corrected chi connectivity index (χ0v) is 13.1. The third kappa shape index (κ3) is 3.48. The Balaban J connectivity index is 3.20. The highest BCUT2D eigenvalue weighted by atomic mass is 16.5. The summed E-state index contributed by atoms with van der Waals surface area (Å²) in [5.74, 6) is 0.982. The monoisotopic (exact) mass is 264 g/mol. The molecule has 0 aromatic heterocycles. The van der Waals surface area contributed by atoms with E-state index in [2.05, 4.69) is 45.1 Å². The standard InChI is InChI=1S/C16H28N2O/c1-11-9-13(10-12(2)14(11)19-6)15(18-5)16(3,4)7-8-17/h9-10,15,18H,7-8,17H2,1-6H3. The van der Waals surface area contributed by atoms with Gasteiger partial charge in [0.15, 0.2) is 0 Å². The summed E-state index contributed by atoms with van der Waals surface area (Å²) in [6, 6.07) is 4.72. The first kappa shape index (κ1) is 16.0. The fourth-order valence-corrected chi connectivity index (χ4v) is 3.00. The summed E-state index contributed by atoms with van der Waals surface area (Å²) in [6.45, 7) is 9.42.